The van der Waals surface area contributed by atoms with Crippen molar-refractivity contribution in [3.8, 4) is 11.5 Å². The third kappa shape index (κ3) is 6.89. The fourth-order valence-corrected chi connectivity index (χ4v) is 4.58. The van der Waals surface area contributed by atoms with Gasteiger partial charge in [0.25, 0.3) is 11.8 Å². The highest BCUT2D eigenvalue weighted by Crippen LogP contribution is 2.27. The Balaban J connectivity index is 1.29. The summed E-state index contributed by atoms with van der Waals surface area (Å²) < 4.78 is 11.6. The Bertz CT molecular complexity index is 1650. The number of nitrogens with zero attached hydrogens (tertiary/aromatic N) is 1. The number of hydrogen-bond donors (Lipinski definition) is 1. The van der Waals surface area contributed by atoms with Crippen molar-refractivity contribution in [3.63, 3.8) is 0 Å². The second-order valence-corrected chi connectivity index (χ2v) is 10.2. The van der Waals surface area contributed by atoms with E-state index in [-0.39, 0.29) is 17.9 Å². The first-order valence-electron chi connectivity index (χ1n) is 12.3. The van der Waals surface area contributed by atoms with Gasteiger partial charge in [-0.2, -0.15) is 0 Å². The van der Waals surface area contributed by atoms with E-state index < -0.39 is 17.8 Å². The summed E-state index contributed by atoms with van der Waals surface area (Å²) in [4.78, 5) is 39.5. The fraction of sp³-hybridized carbons (Fsp3) is 0.0645. The summed E-state index contributed by atoms with van der Waals surface area (Å²) in [7, 11) is 0. The smallest absolute Gasteiger partial charge is 0.335 e. The number of halogens is 3. The molecule has 0 saturated carbocycles. The summed E-state index contributed by atoms with van der Waals surface area (Å²) in [5.74, 6) is -0.510. The second-order valence-electron chi connectivity index (χ2n) is 8.96. The van der Waals surface area contributed by atoms with Crippen LogP contribution < -0.4 is 19.7 Å². The van der Waals surface area contributed by atoms with E-state index in [0.717, 1.165) is 16.0 Å². The van der Waals surface area contributed by atoms with Crippen molar-refractivity contribution in [2.75, 3.05) is 4.90 Å². The van der Waals surface area contributed by atoms with E-state index in [1.165, 1.54) is 6.08 Å². The molecule has 0 spiro atoms. The molecule has 7 nitrogen and oxygen atoms in total. The third-order valence-corrected chi connectivity index (χ3v) is 6.93. The normalized spacial score (nSPS) is 14.3. The third-order valence-electron chi connectivity index (χ3n) is 6.09. The van der Waals surface area contributed by atoms with Crippen LogP contribution in [0.4, 0.5) is 10.5 Å². The zero-order chi connectivity index (χ0) is 28.9. The number of imide groups is 2. The summed E-state index contributed by atoms with van der Waals surface area (Å²) in [6.07, 6.45) is 1.42. The van der Waals surface area contributed by atoms with E-state index in [4.69, 9.17) is 44.3 Å². The molecule has 0 unspecified atom stereocenters. The number of rotatable bonds is 8. The molecule has 4 aromatic carbocycles. The number of carbonyl (C=O) groups excluding carboxylic acids is 3. The Morgan fingerprint density at radius 2 is 1.44 bits per heavy atom. The molecule has 0 bridgehead atoms. The van der Waals surface area contributed by atoms with Gasteiger partial charge in [-0.25, -0.2) is 9.69 Å². The first-order chi connectivity index (χ1) is 19.8. The van der Waals surface area contributed by atoms with E-state index in [9.17, 15) is 14.4 Å². The van der Waals surface area contributed by atoms with E-state index in [1.54, 1.807) is 78.9 Å². The first-order valence-corrected chi connectivity index (χ1v) is 13.5. The molecule has 5 rings (SSSR count). The lowest BCUT2D eigenvalue weighted by Crippen LogP contribution is -2.54. The highest BCUT2D eigenvalue weighted by molar-refractivity contribution is 6.39. The van der Waals surface area contributed by atoms with E-state index in [0.29, 0.717) is 38.7 Å². The number of anilines is 1. The van der Waals surface area contributed by atoms with Gasteiger partial charge < -0.3 is 9.47 Å². The van der Waals surface area contributed by atoms with Gasteiger partial charge in [0.2, 0.25) is 0 Å². The molecule has 4 amide bonds. The maximum Gasteiger partial charge on any atom is 0.335 e. The number of carbonyl (C=O) groups is 3. The Kier molecular flexibility index (Phi) is 8.59. The highest BCUT2D eigenvalue weighted by atomic mass is 35.5. The molecule has 1 aliphatic heterocycles. The summed E-state index contributed by atoms with van der Waals surface area (Å²) in [5.41, 5.74) is 2.30. The number of amides is 4. The van der Waals surface area contributed by atoms with Crippen molar-refractivity contribution in [2.45, 2.75) is 13.2 Å². The Morgan fingerprint density at radius 3 is 2.17 bits per heavy atom. The molecule has 0 atom stereocenters. The monoisotopic (exact) mass is 606 g/mol. The molecule has 0 radical (unpaired) electrons. The number of barbiturate groups is 1. The molecular weight excluding hydrogens is 587 g/mol. The SMILES string of the molecule is O=C1NC(=O)N(c2ccc(OCc3ccc(Cl)cc3Cl)cc2)C(=O)/C1=C\c1cccc(OCc2ccc(Cl)cc2)c1. The van der Waals surface area contributed by atoms with Crippen LogP contribution in [-0.2, 0) is 22.8 Å². The van der Waals surface area contributed by atoms with Crippen molar-refractivity contribution in [2.24, 2.45) is 0 Å². The Hall–Kier alpha value is -4.30. The predicted molar refractivity (Wildman–Crippen MR) is 158 cm³/mol. The van der Waals surface area contributed by atoms with Gasteiger partial charge in [0.15, 0.2) is 0 Å². The largest absolute Gasteiger partial charge is 0.489 e. The topological polar surface area (TPSA) is 84.9 Å². The molecule has 0 aliphatic carbocycles. The molecule has 1 aliphatic rings. The standard InChI is InChI=1S/C31H21Cl3N2O5/c32-22-7-4-19(5-8-22)17-40-26-3-1-2-20(14-26)15-27-29(37)35-31(39)36(30(27)38)24-10-12-25(13-11-24)41-18-21-6-9-23(33)16-28(21)34/h1-16H,17-18H2,(H,35,37,39)/b27-15-. The lowest BCUT2D eigenvalue weighted by Gasteiger charge is -2.26. The van der Waals surface area contributed by atoms with Crippen molar-refractivity contribution in [1.29, 1.82) is 0 Å². The fourth-order valence-electron chi connectivity index (χ4n) is 3.99. The van der Waals surface area contributed by atoms with Crippen molar-refractivity contribution in [1.82, 2.24) is 5.32 Å². The van der Waals surface area contributed by atoms with Gasteiger partial charge in [-0.15, -0.1) is 0 Å². The highest BCUT2D eigenvalue weighted by Gasteiger charge is 2.36. The zero-order valence-corrected chi connectivity index (χ0v) is 23.5. The maximum absolute atomic E-state index is 13.3. The minimum Gasteiger partial charge on any atom is -0.489 e. The predicted octanol–water partition coefficient (Wildman–Crippen LogP) is 7.47. The van der Waals surface area contributed by atoms with Crippen LogP contribution >= 0.6 is 34.8 Å². The molecule has 1 fully saturated rings. The minimum absolute atomic E-state index is 0.197. The van der Waals surface area contributed by atoms with Crippen LogP contribution in [0.5, 0.6) is 11.5 Å². The van der Waals surface area contributed by atoms with Crippen LogP contribution in [0.2, 0.25) is 15.1 Å². The molecule has 0 aromatic heterocycles. The molecule has 1 heterocycles. The average Bonchev–Trinajstić information content (AvgIpc) is 2.95. The van der Waals surface area contributed by atoms with Crippen molar-refractivity contribution >= 4 is 64.4 Å². The lowest BCUT2D eigenvalue weighted by atomic mass is 10.1. The van der Waals surface area contributed by atoms with Crippen LogP contribution in [0.15, 0.2) is 96.6 Å². The molecular formula is C31H21Cl3N2O5. The van der Waals surface area contributed by atoms with Gasteiger partial charge in [-0.05, 0) is 77.9 Å². The molecule has 41 heavy (non-hydrogen) atoms. The summed E-state index contributed by atoms with van der Waals surface area (Å²) in [6.45, 7) is 0.508. The summed E-state index contributed by atoms with van der Waals surface area (Å²) in [5, 5.41) is 3.86. The van der Waals surface area contributed by atoms with Crippen LogP contribution in [-0.4, -0.2) is 17.8 Å². The van der Waals surface area contributed by atoms with Gasteiger partial charge in [0, 0.05) is 20.6 Å². The van der Waals surface area contributed by atoms with Crippen LogP contribution in [0.3, 0.4) is 0 Å². The van der Waals surface area contributed by atoms with Gasteiger partial charge >= 0.3 is 6.03 Å². The quantitative estimate of drug-likeness (QED) is 0.166. The molecule has 1 saturated heterocycles. The molecule has 4 aromatic rings. The van der Waals surface area contributed by atoms with Gasteiger partial charge in [0.05, 0.1) is 5.69 Å². The number of urea groups is 1. The van der Waals surface area contributed by atoms with Crippen LogP contribution in [0.25, 0.3) is 6.08 Å². The van der Waals surface area contributed by atoms with Gasteiger partial charge in [-0.3, -0.25) is 14.9 Å². The van der Waals surface area contributed by atoms with Gasteiger partial charge in [-0.1, -0.05) is 65.1 Å². The maximum atomic E-state index is 13.3. The van der Waals surface area contributed by atoms with Gasteiger partial charge in [0.1, 0.15) is 30.3 Å². The zero-order valence-electron chi connectivity index (χ0n) is 21.3. The number of benzene rings is 4. The number of nitrogens with one attached hydrogen (secondary N) is 1. The number of hydrogen-bond acceptors (Lipinski definition) is 5. The van der Waals surface area contributed by atoms with Crippen LogP contribution in [0.1, 0.15) is 16.7 Å². The Labute approximate surface area is 250 Å². The van der Waals surface area contributed by atoms with E-state index in [2.05, 4.69) is 5.32 Å². The summed E-state index contributed by atoms with van der Waals surface area (Å²) >= 11 is 18.1. The van der Waals surface area contributed by atoms with Crippen molar-refractivity contribution < 1.29 is 23.9 Å². The molecule has 1 N–H and O–H groups in total. The Morgan fingerprint density at radius 1 is 0.732 bits per heavy atom. The molecule has 10 heteroatoms. The molecule has 206 valence electrons. The first kappa shape index (κ1) is 28.2. The van der Waals surface area contributed by atoms with Crippen LogP contribution in [0, 0.1) is 0 Å². The average molecular weight is 608 g/mol. The second kappa shape index (κ2) is 12.5. The lowest BCUT2D eigenvalue weighted by molar-refractivity contribution is -0.122. The number of ether oxygens (including phenoxy) is 2. The minimum atomic E-state index is -0.848. The van der Waals surface area contributed by atoms with Crippen molar-refractivity contribution in [3.05, 3.63) is 128 Å². The van der Waals surface area contributed by atoms with E-state index in [1.807, 2.05) is 12.1 Å². The summed E-state index contributed by atoms with van der Waals surface area (Å²) in [6, 6.07) is 24.8. The van der Waals surface area contributed by atoms with E-state index >= 15 is 0 Å².